The standard InChI is InChI=1S/C24H20O6S2/c25-31(26,27)23-13-9-21(10-14-23)19-5-1-17(2-6-19)18-3-7-20(8-4-18)22-11-15-24(16-12-22)32(28,29)30/h1-16,25-27H,(H,28,29,30). The first kappa shape index (κ1) is 22.2. The van der Waals surface area contributed by atoms with Crippen LogP contribution in [0.5, 0.6) is 0 Å². The third-order valence-electron chi connectivity index (χ3n) is 5.09. The molecule has 4 N–H and O–H groups in total. The number of hydrogen-bond acceptors (Lipinski definition) is 5. The Bertz CT molecular complexity index is 1320. The molecule has 0 atom stereocenters. The van der Waals surface area contributed by atoms with Gasteiger partial charge < -0.3 is 13.7 Å². The van der Waals surface area contributed by atoms with E-state index in [1.165, 1.54) is 24.3 Å². The maximum absolute atomic E-state index is 11.2. The molecule has 0 aliphatic rings. The Morgan fingerprint density at radius 2 is 0.594 bits per heavy atom. The van der Waals surface area contributed by atoms with Crippen molar-refractivity contribution in [1.29, 1.82) is 0 Å². The van der Waals surface area contributed by atoms with Crippen LogP contribution in [0.1, 0.15) is 0 Å². The van der Waals surface area contributed by atoms with Gasteiger partial charge in [-0.05, 0) is 57.6 Å². The summed E-state index contributed by atoms with van der Waals surface area (Å²) < 4.78 is 59.4. The quantitative estimate of drug-likeness (QED) is 0.248. The summed E-state index contributed by atoms with van der Waals surface area (Å²) in [5, 5.41) is 0. The molecule has 0 saturated carbocycles. The summed E-state index contributed by atoms with van der Waals surface area (Å²) in [6.07, 6.45) is 0. The summed E-state index contributed by atoms with van der Waals surface area (Å²) >= 11 is 0. The Morgan fingerprint density at radius 3 is 0.812 bits per heavy atom. The molecular formula is C24H20O6S2. The fourth-order valence-corrected chi connectivity index (χ4v) is 4.34. The van der Waals surface area contributed by atoms with Crippen LogP contribution in [0.4, 0.5) is 0 Å². The van der Waals surface area contributed by atoms with Gasteiger partial charge in [-0.3, -0.25) is 4.55 Å². The maximum atomic E-state index is 11.2. The van der Waals surface area contributed by atoms with Crippen LogP contribution in [-0.4, -0.2) is 26.6 Å². The predicted molar refractivity (Wildman–Crippen MR) is 126 cm³/mol. The van der Waals surface area contributed by atoms with Crippen molar-refractivity contribution in [1.82, 2.24) is 0 Å². The molecule has 4 rings (SSSR count). The van der Waals surface area contributed by atoms with E-state index in [0.29, 0.717) is 0 Å². The molecule has 4 aromatic carbocycles. The van der Waals surface area contributed by atoms with Crippen molar-refractivity contribution in [2.24, 2.45) is 0 Å². The molecule has 0 aliphatic carbocycles. The van der Waals surface area contributed by atoms with Crippen LogP contribution >= 0.6 is 10.9 Å². The second-order valence-corrected chi connectivity index (χ2v) is 10.1. The van der Waals surface area contributed by atoms with E-state index < -0.39 is 21.0 Å². The lowest BCUT2D eigenvalue weighted by atomic mass is 9.98. The van der Waals surface area contributed by atoms with Crippen molar-refractivity contribution in [3.63, 3.8) is 0 Å². The highest BCUT2D eigenvalue weighted by Crippen LogP contribution is 2.43. The molecule has 164 valence electrons. The molecule has 0 amide bonds. The number of benzene rings is 4. The van der Waals surface area contributed by atoms with Crippen molar-refractivity contribution >= 4 is 21.0 Å². The first-order valence-electron chi connectivity index (χ1n) is 9.51. The minimum Gasteiger partial charge on any atom is -0.304 e. The minimum absolute atomic E-state index is 0.0746. The Morgan fingerprint density at radius 1 is 0.375 bits per heavy atom. The number of rotatable bonds is 5. The largest absolute Gasteiger partial charge is 0.304 e. The van der Waals surface area contributed by atoms with Gasteiger partial charge >= 0.3 is 0 Å². The highest BCUT2D eigenvalue weighted by atomic mass is 32.3. The molecule has 0 saturated heterocycles. The Balaban J connectivity index is 1.52. The first-order valence-corrected chi connectivity index (χ1v) is 12.5. The third kappa shape index (κ3) is 4.91. The summed E-state index contributed by atoms with van der Waals surface area (Å²) in [7, 11) is -7.92. The van der Waals surface area contributed by atoms with E-state index in [9.17, 15) is 22.1 Å². The van der Waals surface area contributed by atoms with E-state index in [4.69, 9.17) is 4.55 Å². The average molecular weight is 469 g/mol. The zero-order chi connectivity index (χ0) is 22.9. The lowest BCUT2D eigenvalue weighted by molar-refractivity contribution is 0.376. The van der Waals surface area contributed by atoms with Crippen molar-refractivity contribution in [3.05, 3.63) is 97.1 Å². The van der Waals surface area contributed by atoms with E-state index in [2.05, 4.69) is 0 Å². The average Bonchev–Trinajstić information content (AvgIpc) is 2.78. The molecule has 6 nitrogen and oxygen atoms in total. The van der Waals surface area contributed by atoms with Crippen LogP contribution in [-0.2, 0) is 10.1 Å². The molecule has 32 heavy (non-hydrogen) atoms. The van der Waals surface area contributed by atoms with E-state index >= 15 is 0 Å². The van der Waals surface area contributed by atoms with Crippen LogP contribution < -0.4 is 0 Å². The molecule has 0 fully saturated rings. The van der Waals surface area contributed by atoms with Crippen LogP contribution in [0.15, 0.2) is 107 Å². The van der Waals surface area contributed by atoms with E-state index in [1.54, 1.807) is 24.3 Å². The van der Waals surface area contributed by atoms with Crippen molar-refractivity contribution in [2.45, 2.75) is 9.79 Å². The molecule has 0 aromatic heterocycles. The second-order valence-electron chi connectivity index (χ2n) is 7.20. The van der Waals surface area contributed by atoms with Crippen LogP contribution in [0.2, 0.25) is 0 Å². The molecule has 0 heterocycles. The monoisotopic (exact) mass is 468 g/mol. The summed E-state index contributed by atoms with van der Waals surface area (Å²) in [5.41, 5.74) is 5.62. The van der Waals surface area contributed by atoms with Gasteiger partial charge in [0.15, 0.2) is 0 Å². The normalized spacial score (nSPS) is 12.5. The molecule has 4 aromatic rings. The second kappa shape index (κ2) is 8.51. The van der Waals surface area contributed by atoms with E-state index in [0.717, 1.165) is 33.4 Å². The highest BCUT2D eigenvalue weighted by molar-refractivity contribution is 8.19. The summed E-state index contributed by atoms with van der Waals surface area (Å²) in [6.45, 7) is 0. The van der Waals surface area contributed by atoms with E-state index in [-0.39, 0.29) is 9.79 Å². The maximum Gasteiger partial charge on any atom is 0.294 e. The van der Waals surface area contributed by atoms with Gasteiger partial charge in [0.25, 0.3) is 10.1 Å². The molecule has 0 bridgehead atoms. The fraction of sp³-hybridized carbons (Fsp3) is 0. The molecule has 0 unspecified atom stereocenters. The van der Waals surface area contributed by atoms with Gasteiger partial charge in [0.2, 0.25) is 0 Å². The summed E-state index contributed by atoms with van der Waals surface area (Å²) in [4.78, 5) is -0.0668. The van der Waals surface area contributed by atoms with Crippen molar-refractivity contribution < 1.29 is 26.6 Å². The van der Waals surface area contributed by atoms with Gasteiger partial charge in [0.05, 0.1) is 9.79 Å². The fourth-order valence-electron chi connectivity index (χ4n) is 3.36. The van der Waals surface area contributed by atoms with Crippen LogP contribution in [0, 0.1) is 0 Å². The lowest BCUT2D eigenvalue weighted by Crippen LogP contribution is -1.97. The van der Waals surface area contributed by atoms with Gasteiger partial charge in [0.1, 0.15) is 10.9 Å². The molecule has 0 radical (unpaired) electrons. The predicted octanol–water partition coefficient (Wildman–Crippen LogP) is 6.52. The zero-order valence-corrected chi connectivity index (χ0v) is 18.3. The van der Waals surface area contributed by atoms with Gasteiger partial charge in [-0.15, -0.1) is 0 Å². The Kier molecular flexibility index (Phi) is 5.91. The third-order valence-corrected chi connectivity index (χ3v) is 6.87. The molecule has 8 heteroatoms. The smallest absolute Gasteiger partial charge is 0.294 e. The summed E-state index contributed by atoms with van der Waals surface area (Å²) in [5.74, 6) is 0. The minimum atomic E-state index is -4.21. The van der Waals surface area contributed by atoms with Crippen LogP contribution in [0.3, 0.4) is 0 Å². The first-order chi connectivity index (χ1) is 15.1. The van der Waals surface area contributed by atoms with Crippen LogP contribution in [0.25, 0.3) is 33.4 Å². The zero-order valence-electron chi connectivity index (χ0n) is 16.7. The Hall–Kier alpha value is -2.98. The molecule has 0 spiro atoms. The van der Waals surface area contributed by atoms with Gasteiger partial charge in [-0.2, -0.15) is 8.42 Å². The van der Waals surface area contributed by atoms with E-state index in [1.807, 2.05) is 48.5 Å². The number of hydrogen-bond donors (Lipinski definition) is 4. The van der Waals surface area contributed by atoms with Crippen molar-refractivity contribution in [2.75, 3.05) is 0 Å². The SMILES string of the molecule is O=S(=O)(O)c1ccc(-c2ccc(-c3ccc(-c4ccc(S(O)(O)O)cc4)cc3)cc2)cc1. The van der Waals surface area contributed by atoms with Crippen molar-refractivity contribution in [3.8, 4) is 33.4 Å². The lowest BCUT2D eigenvalue weighted by Gasteiger charge is -2.19. The van der Waals surface area contributed by atoms with Gasteiger partial charge in [-0.1, -0.05) is 72.8 Å². The molecule has 0 aliphatic heterocycles. The van der Waals surface area contributed by atoms with Gasteiger partial charge in [0, 0.05) is 0 Å². The Labute approximate surface area is 187 Å². The summed E-state index contributed by atoms with van der Waals surface area (Å²) in [6, 6.07) is 28.2. The topological polar surface area (TPSA) is 115 Å². The highest BCUT2D eigenvalue weighted by Gasteiger charge is 2.15. The molecular weight excluding hydrogens is 448 g/mol. The van der Waals surface area contributed by atoms with Gasteiger partial charge in [-0.25, -0.2) is 0 Å².